The van der Waals surface area contributed by atoms with Crippen LogP contribution in [0.25, 0.3) is 20.2 Å². The SMILES string of the molecule is CN=C(N)N/N=C(\C)c1ccc2sc3ccc(/C(C)=N/NC(N)=NC)cc3c2c1. The number of nitrogens with zero attached hydrogens (tertiary/aromatic N) is 4. The Kier molecular flexibility index (Phi) is 6.08. The highest BCUT2D eigenvalue weighted by Gasteiger charge is 2.09. The number of hydrogen-bond acceptors (Lipinski definition) is 5. The van der Waals surface area contributed by atoms with Gasteiger partial charge in [0.25, 0.3) is 0 Å². The summed E-state index contributed by atoms with van der Waals surface area (Å²) in [7, 11) is 3.22. The Hall–Kier alpha value is -3.46. The van der Waals surface area contributed by atoms with Crippen LogP contribution in [0.15, 0.2) is 56.6 Å². The highest BCUT2D eigenvalue weighted by Crippen LogP contribution is 2.35. The molecule has 0 bridgehead atoms. The molecule has 6 N–H and O–H groups in total. The number of guanidine groups is 2. The van der Waals surface area contributed by atoms with Gasteiger partial charge in [-0.05, 0) is 49.2 Å². The Bertz CT molecular complexity index is 1080. The van der Waals surface area contributed by atoms with Crippen LogP contribution in [0.2, 0.25) is 0 Å². The number of fused-ring (bicyclic) bond motifs is 3. The molecule has 29 heavy (non-hydrogen) atoms. The molecular weight excluding hydrogens is 384 g/mol. The van der Waals surface area contributed by atoms with Crippen LogP contribution in [0, 0.1) is 0 Å². The van der Waals surface area contributed by atoms with Crippen molar-refractivity contribution in [3.05, 3.63) is 47.5 Å². The third kappa shape index (κ3) is 4.52. The maximum atomic E-state index is 5.65. The third-order valence-corrected chi connectivity index (χ3v) is 5.61. The minimum absolute atomic E-state index is 0.271. The Labute approximate surface area is 173 Å². The van der Waals surface area contributed by atoms with Crippen LogP contribution < -0.4 is 22.3 Å². The van der Waals surface area contributed by atoms with Crippen LogP contribution >= 0.6 is 11.3 Å². The predicted molar refractivity (Wildman–Crippen MR) is 125 cm³/mol. The summed E-state index contributed by atoms with van der Waals surface area (Å²) in [4.78, 5) is 7.68. The van der Waals surface area contributed by atoms with Crippen LogP contribution in [-0.2, 0) is 0 Å². The number of nitrogens with two attached hydrogens (primary N) is 2. The summed E-state index contributed by atoms with van der Waals surface area (Å²) in [6.07, 6.45) is 0. The topological polar surface area (TPSA) is 126 Å². The number of rotatable bonds is 4. The summed E-state index contributed by atoms with van der Waals surface area (Å²) in [6, 6.07) is 12.6. The fourth-order valence-corrected chi connectivity index (χ4v) is 3.81. The van der Waals surface area contributed by atoms with Gasteiger partial charge in [-0.2, -0.15) is 10.2 Å². The summed E-state index contributed by atoms with van der Waals surface area (Å²) in [5.41, 5.74) is 20.4. The Morgan fingerprint density at radius 3 is 1.55 bits per heavy atom. The lowest BCUT2D eigenvalue weighted by molar-refractivity contribution is 0.997. The normalized spacial score (nSPS) is 13.9. The van der Waals surface area contributed by atoms with E-state index in [1.807, 2.05) is 13.8 Å². The molecular formula is C20H24N8S. The van der Waals surface area contributed by atoms with Crippen LogP contribution in [0.5, 0.6) is 0 Å². The van der Waals surface area contributed by atoms with Gasteiger partial charge in [-0.25, -0.2) is 10.9 Å². The summed E-state index contributed by atoms with van der Waals surface area (Å²) < 4.78 is 2.43. The van der Waals surface area contributed by atoms with Gasteiger partial charge in [0.2, 0.25) is 11.9 Å². The number of hydrogen-bond donors (Lipinski definition) is 4. The van der Waals surface area contributed by atoms with Gasteiger partial charge in [0.05, 0.1) is 11.4 Å². The lowest BCUT2D eigenvalue weighted by Crippen LogP contribution is -2.27. The maximum absolute atomic E-state index is 5.65. The maximum Gasteiger partial charge on any atom is 0.209 e. The van der Waals surface area contributed by atoms with Crippen molar-refractivity contribution in [2.45, 2.75) is 13.8 Å². The monoisotopic (exact) mass is 408 g/mol. The minimum Gasteiger partial charge on any atom is -0.369 e. The molecule has 0 aliphatic heterocycles. The van der Waals surface area contributed by atoms with E-state index in [1.54, 1.807) is 25.4 Å². The van der Waals surface area contributed by atoms with E-state index in [9.17, 15) is 0 Å². The summed E-state index contributed by atoms with van der Waals surface area (Å²) in [5.74, 6) is 0.543. The average Bonchev–Trinajstić information content (AvgIpc) is 3.12. The van der Waals surface area contributed by atoms with E-state index in [2.05, 4.69) is 67.4 Å². The van der Waals surface area contributed by atoms with Gasteiger partial charge in [-0.3, -0.25) is 9.98 Å². The van der Waals surface area contributed by atoms with E-state index in [4.69, 9.17) is 11.5 Å². The lowest BCUT2D eigenvalue weighted by Gasteiger charge is -2.04. The van der Waals surface area contributed by atoms with Gasteiger partial charge in [0.15, 0.2) is 0 Å². The highest BCUT2D eigenvalue weighted by atomic mass is 32.1. The highest BCUT2D eigenvalue weighted by molar-refractivity contribution is 7.25. The van der Waals surface area contributed by atoms with Crippen LogP contribution in [-0.4, -0.2) is 37.4 Å². The first kappa shape index (κ1) is 20.3. The summed E-state index contributed by atoms with van der Waals surface area (Å²) >= 11 is 1.76. The molecule has 0 unspecified atom stereocenters. The van der Waals surface area contributed by atoms with Gasteiger partial charge < -0.3 is 11.5 Å². The number of thiophene rings is 1. The van der Waals surface area contributed by atoms with Crippen LogP contribution in [0.1, 0.15) is 25.0 Å². The molecule has 1 heterocycles. The second-order valence-electron chi connectivity index (χ2n) is 6.36. The molecule has 0 saturated carbocycles. The number of nitrogens with one attached hydrogen (secondary N) is 2. The molecule has 0 aliphatic rings. The molecule has 8 nitrogen and oxygen atoms in total. The molecule has 3 rings (SSSR count). The number of hydrazone groups is 2. The molecule has 0 fully saturated rings. The molecule has 0 amide bonds. The first-order chi connectivity index (χ1) is 13.9. The van der Waals surface area contributed by atoms with Gasteiger partial charge in [0.1, 0.15) is 0 Å². The second kappa shape index (κ2) is 8.70. The summed E-state index contributed by atoms with van der Waals surface area (Å²) in [6.45, 7) is 3.86. The van der Waals surface area contributed by atoms with Crippen LogP contribution in [0.4, 0.5) is 0 Å². The lowest BCUT2D eigenvalue weighted by atomic mass is 10.0. The van der Waals surface area contributed by atoms with Crippen molar-refractivity contribution >= 4 is 54.9 Å². The Morgan fingerprint density at radius 2 is 1.17 bits per heavy atom. The molecule has 1 aromatic heterocycles. The zero-order valence-electron chi connectivity index (χ0n) is 16.8. The number of benzene rings is 2. The van der Waals surface area contributed by atoms with E-state index in [0.29, 0.717) is 0 Å². The van der Waals surface area contributed by atoms with Crippen molar-refractivity contribution < 1.29 is 0 Å². The van der Waals surface area contributed by atoms with Gasteiger partial charge in [-0.15, -0.1) is 11.3 Å². The minimum atomic E-state index is 0.271. The fourth-order valence-electron chi connectivity index (χ4n) is 2.74. The fraction of sp³-hybridized carbons (Fsp3) is 0.200. The molecule has 0 atom stereocenters. The Morgan fingerprint density at radius 1 is 0.759 bits per heavy atom. The van der Waals surface area contributed by atoms with Crippen molar-refractivity contribution in [1.29, 1.82) is 0 Å². The van der Waals surface area contributed by atoms with Gasteiger partial charge in [-0.1, -0.05) is 12.1 Å². The van der Waals surface area contributed by atoms with Crippen molar-refractivity contribution in [2.24, 2.45) is 31.7 Å². The van der Waals surface area contributed by atoms with Gasteiger partial charge in [0, 0.05) is 34.3 Å². The van der Waals surface area contributed by atoms with Crippen molar-refractivity contribution in [3.8, 4) is 0 Å². The standard InChI is InChI=1S/C20H24N8S/c1-11(25-27-19(21)23-3)13-5-7-17-15(9-13)16-10-14(6-8-18(16)29-17)12(2)26-28-20(22)24-4/h5-10H,1-4H3,(H3,21,23,27)(H3,22,24,28)/b25-11+,26-12+. The largest absolute Gasteiger partial charge is 0.369 e. The molecule has 2 aromatic carbocycles. The van der Waals surface area contributed by atoms with E-state index in [0.717, 1.165) is 22.6 Å². The molecule has 0 saturated heterocycles. The Balaban J connectivity index is 2.02. The van der Waals surface area contributed by atoms with E-state index in [1.165, 1.54) is 20.2 Å². The molecule has 3 aromatic rings. The second-order valence-corrected chi connectivity index (χ2v) is 7.44. The molecule has 0 radical (unpaired) electrons. The third-order valence-electron chi connectivity index (χ3n) is 4.46. The zero-order valence-corrected chi connectivity index (χ0v) is 17.6. The summed E-state index contributed by atoms with van der Waals surface area (Å²) in [5, 5.41) is 10.9. The molecule has 150 valence electrons. The molecule has 0 spiro atoms. The first-order valence-electron chi connectivity index (χ1n) is 8.95. The van der Waals surface area contributed by atoms with E-state index < -0.39 is 0 Å². The number of aliphatic imine (C=N–C) groups is 2. The first-order valence-corrected chi connectivity index (χ1v) is 9.76. The smallest absolute Gasteiger partial charge is 0.209 e. The van der Waals surface area contributed by atoms with Gasteiger partial charge >= 0.3 is 0 Å². The van der Waals surface area contributed by atoms with Crippen molar-refractivity contribution in [2.75, 3.05) is 14.1 Å². The van der Waals surface area contributed by atoms with E-state index >= 15 is 0 Å². The zero-order chi connectivity index (χ0) is 21.0. The quantitative estimate of drug-likeness (QED) is 0.301. The predicted octanol–water partition coefficient (Wildman–Crippen LogP) is 2.57. The van der Waals surface area contributed by atoms with E-state index in [-0.39, 0.29) is 11.9 Å². The van der Waals surface area contributed by atoms with Crippen molar-refractivity contribution in [3.63, 3.8) is 0 Å². The molecule has 0 aliphatic carbocycles. The van der Waals surface area contributed by atoms with Crippen molar-refractivity contribution in [1.82, 2.24) is 10.9 Å². The average molecular weight is 409 g/mol. The van der Waals surface area contributed by atoms with Crippen LogP contribution in [0.3, 0.4) is 0 Å². The molecule has 9 heteroatoms.